The molecule has 0 aliphatic heterocycles. The monoisotopic (exact) mass is 394 g/mol. The van der Waals surface area contributed by atoms with Gasteiger partial charge in [0, 0.05) is 19.1 Å². The molecule has 3 N–H and O–H groups in total. The van der Waals surface area contributed by atoms with Crippen LogP contribution in [0, 0.1) is 0 Å². The lowest BCUT2D eigenvalue weighted by atomic mass is 10.1. The first-order valence-corrected chi connectivity index (χ1v) is 9.99. The molecule has 0 spiro atoms. The maximum atomic E-state index is 11.4. The first-order valence-electron chi connectivity index (χ1n) is 7.34. The van der Waals surface area contributed by atoms with Gasteiger partial charge in [0.15, 0.2) is 5.96 Å². The lowest BCUT2D eigenvalue weighted by Gasteiger charge is -2.27. The summed E-state index contributed by atoms with van der Waals surface area (Å²) in [4.78, 5) is 4.15. The molecule has 0 saturated carbocycles. The Balaban J connectivity index is 2.69. The molecule has 0 saturated heterocycles. The van der Waals surface area contributed by atoms with Gasteiger partial charge in [-0.25, -0.2) is 13.1 Å². The van der Waals surface area contributed by atoms with Crippen molar-refractivity contribution in [1.29, 1.82) is 0 Å². The average Bonchev–Trinajstić information content (AvgIpc) is 2.43. The zero-order chi connectivity index (χ0) is 18.5. The highest BCUT2D eigenvalue weighted by atomic mass is 35.5. The largest absolute Gasteiger partial charge is 0.355 e. The van der Waals surface area contributed by atoms with Crippen molar-refractivity contribution in [2.45, 2.75) is 32.4 Å². The number of sulfonamides is 1. The third-order valence-corrected chi connectivity index (χ3v) is 4.84. The summed E-state index contributed by atoms with van der Waals surface area (Å²) in [6, 6.07) is 5.36. The summed E-state index contributed by atoms with van der Waals surface area (Å²) in [6.45, 7) is 5.91. The Labute approximate surface area is 154 Å². The van der Waals surface area contributed by atoms with E-state index in [0.717, 1.165) is 11.8 Å². The minimum absolute atomic E-state index is 0.0584. The molecule has 1 rings (SSSR count). The van der Waals surface area contributed by atoms with E-state index >= 15 is 0 Å². The molecule has 1 unspecified atom stereocenters. The Morgan fingerprint density at radius 1 is 1.29 bits per heavy atom. The van der Waals surface area contributed by atoms with Crippen molar-refractivity contribution in [2.24, 2.45) is 4.99 Å². The fourth-order valence-electron chi connectivity index (χ4n) is 2.11. The van der Waals surface area contributed by atoms with Crippen molar-refractivity contribution in [3.05, 3.63) is 33.8 Å². The van der Waals surface area contributed by atoms with Crippen molar-refractivity contribution >= 4 is 39.2 Å². The van der Waals surface area contributed by atoms with Gasteiger partial charge in [0.25, 0.3) is 0 Å². The van der Waals surface area contributed by atoms with E-state index in [1.165, 1.54) is 0 Å². The molecule has 0 radical (unpaired) electrons. The van der Waals surface area contributed by atoms with Gasteiger partial charge in [-0.05, 0) is 38.5 Å². The van der Waals surface area contributed by atoms with E-state index in [1.807, 2.05) is 13.0 Å². The van der Waals surface area contributed by atoms with E-state index in [9.17, 15) is 8.42 Å². The molecule has 0 fully saturated rings. The number of rotatable bonds is 6. The van der Waals surface area contributed by atoms with Crippen molar-refractivity contribution in [1.82, 2.24) is 15.4 Å². The van der Waals surface area contributed by atoms with Gasteiger partial charge < -0.3 is 10.6 Å². The van der Waals surface area contributed by atoms with Crippen LogP contribution in [0.4, 0.5) is 0 Å². The van der Waals surface area contributed by atoms with Gasteiger partial charge in [-0.2, -0.15) is 0 Å². The quantitative estimate of drug-likeness (QED) is 0.511. The molecule has 0 amide bonds. The normalized spacial score (nSPS) is 14.4. The molecular formula is C15H24Cl2N4O2S. The van der Waals surface area contributed by atoms with Crippen LogP contribution in [0.25, 0.3) is 0 Å². The van der Waals surface area contributed by atoms with Crippen LogP contribution in [0.2, 0.25) is 10.0 Å². The molecule has 24 heavy (non-hydrogen) atoms. The van der Waals surface area contributed by atoms with Gasteiger partial charge >= 0.3 is 0 Å². The topological polar surface area (TPSA) is 82.6 Å². The zero-order valence-electron chi connectivity index (χ0n) is 14.4. The molecule has 0 aromatic heterocycles. The standard InChI is InChI=1S/C15H24Cl2N4O2S/c1-10(11-6-7-12(16)13(17)8-11)20-14(18-4)19-9-15(2,3)21-24(5,22)23/h6-8,10,21H,9H2,1-5H3,(H2,18,19,20). The molecule has 6 nitrogen and oxygen atoms in total. The smallest absolute Gasteiger partial charge is 0.209 e. The van der Waals surface area contributed by atoms with Crippen molar-refractivity contribution in [3.8, 4) is 0 Å². The highest BCUT2D eigenvalue weighted by Crippen LogP contribution is 2.25. The van der Waals surface area contributed by atoms with Crippen LogP contribution in [0.15, 0.2) is 23.2 Å². The van der Waals surface area contributed by atoms with E-state index in [1.54, 1.807) is 33.0 Å². The molecule has 136 valence electrons. The van der Waals surface area contributed by atoms with Gasteiger partial charge in [-0.1, -0.05) is 29.3 Å². The van der Waals surface area contributed by atoms with Gasteiger partial charge in [0.2, 0.25) is 10.0 Å². The van der Waals surface area contributed by atoms with E-state index in [4.69, 9.17) is 23.2 Å². The second kappa shape index (κ2) is 8.38. The zero-order valence-corrected chi connectivity index (χ0v) is 16.8. The number of benzene rings is 1. The van der Waals surface area contributed by atoms with Crippen LogP contribution < -0.4 is 15.4 Å². The fourth-order valence-corrected chi connectivity index (χ4v) is 3.49. The summed E-state index contributed by atoms with van der Waals surface area (Å²) in [7, 11) is -1.64. The maximum absolute atomic E-state index is 11.4. The summed E-state index contributed by atoms with van der Waals surface area (Å²) < 4.78 is 25.3. The average molecular weight is 395 g/mol. The van der Waals surface area contributed by atoms with E-state index in [0.29, 0.717) is 22.5 Å². The molecule has 1 aromatic rings. The third kappa shape index (κ3) is 7.25. The van der Waals surface area contributed by atoms with Gasteiger partial charge in [-0.15, -0.1) is 0 Å². The van der Waals surface area contributed by atoms with Crippen LogP contribution in [-0.2, 0) is 10.0 Å². The number of halogens is 2. The Morgan fingerprint density at radius 2 is 1.92 bits per heavy atom. The Hall–Kier alpha value is -1.02. The first kappa shape index (κ1) is 21.0. The maximum Gasteiger partial charge on any atom is 0.209 e. The van der Waals surface area contributed by atoms with Crippen LogP contribution in [0.3, 0.4) is 0 Å². The number of hydrogen-bond acceptors (Lipinski definition) is 3. The molecule has 9 heteroatoms. The van der Waals surface area contributed by atoms with E-state index in [2.05, 4.69) is 20.3 Å². The van der Waals surface area contributed by atoms with Crippen LogP contribution in [0.1, 0.15) is 32.4 Å². The Bertz CT molecular complexity index is 705. The summed E-state index contributed by atoms with van der Waals surface area (Å²) in [5.74, 6) is 0.553. The Morgan fingerprint density at radius 3 is 2.42 bits per heavy atom. The summed E-state index contributed by atoms with van der Waals surface area (Å²) >= 11 is 12.0. The second-order valence-corrected chi connectivity index (χ2v) is 8.79. The lowest BCUT2D eigenvalue weighted by Crippen LogP contribution is -2.53. The molecule has 1 aromatic carbocycles. The SMILES string of the molecule is CN=C(NCC(C)(C)NS(C)(=O)=O)NC(C)c1ccc(Cl)c(Cl)c1. The number of nitrogens with one attached hydrogen (secondary N) is 3. The minimum atomic E-state index is -3.29. The van der Waals surface area contributed by atoms with E-state index in [-0.39, 0.29) is 6.04 Å². The second-order valence-electron chi connectivity index (χ2n) is 6.22. The minimum Gasteiger partial charge on any atom is -0.355 e. The van der Waals surface area contributed by atoms with Crippen LogP contribution >= 0.6 is 23.2 Å². The summed E-state index contributed by atoms with van der Waals surface area (Å²) in [6.07, 6.45) is 1.13. The van der Waals surface area contributed by atoms with Crippen molar-refractivity contribution in [2.75, 3.05) is 19.8 Å². The van der Waals surface area contributed by atoms with E-state index < -0.39 is 15.6 Å². The predicted octanol–water partition coefficient (Wildman–Crippen LogP) is 2.55. The molecular weight excluding hydrogens is 371 g/mol. The molecule has 0 aliphatic carbocycles. The third-order valence-electron chi connectivity index (χ3n) is 3.18. The van der Waals surface area contributed by atoms with Crippen molar-refractivity contribution < 1.29 is 8.42 Å². The van der Waals surface area contributed by atoms with Gasteiger partial charge in [0.05, 0.1) is 22.3 Å². The summed E-state index contributed by atoms with van der Waals surface area (Å²) in [5.41, 5.74) is 0.304. The van der Waals surface area contributed by atoms with Crippen molar-refractivity contribution in [3.63, 3.8) is 0 Å². The fraction of sp³-hybridized carbons (Fsp3) is 0.533. The summed E-state index contributed by atoms with van der Waals surface area (Å²) in [5, 5.41) is 7.33. The molecule has 1 atom stereocenters. The van der Waals surface area contributed by atoms with Gasteiger partial charge in [0.1, 0.15) is 0 Å². The molecule has 0 bridgehead atoms. The number of nitrogens with zero attached hydrogens (tertiary/aromatic N) is 1. The highest BCUT2D eigenvalue weighted by Gasteiger charge is 2.22. The number of hydrogen-bond donors (Lipinski definition) is 3. The Kier molecular flexibility index (Phi) is 7.34. The number of aliphatic imine (C=N–C) groups is 1. The predicted molar refractivity (Wildman–Crippen MR) is 101 cm³/mol. The molecule has 0 aliphatic rings. The highest BCUT2D eigenvalue weighted by molar-refractivity contribution is 7.88. The number of guanidine groups is 1. The van der Waals surface area contributed by atoms with Crippen LogP contribution in [0.5, 0.6) is 0 Å². The lowest BCUT2D eigenvalue weighted by molar-refractivity contribution is 0.445. The first-order chi connectivity index (χ1) is 10.9. The molecule has 0 heterocycles. The van der Waals surface area contributed by atoms with Gasteiger partial charge in [-0.3, -0.25) is 4.99 Å². The van der Waals surface area contributed by atoms with Crippen LogP contribution in [-0.4, -0.2) is 39.8 Å².